The monoisotopic (exact) mass is 430 g/mol. The summed E-state index contributed by atoms with van der Waals surface area (Å²) in [6, 6.07) is 15.3. The molecule has 9 heteroatoms. The van der Waals surface area contributed by atoms with Gasteiger partial charge in [0.25, 0.3) is 5.69 Å². The van der Waals surface area contributed by atoms with Gasteiger partial charge in [-0.3, -0.25) is 10.1 Å². The molecule has 0 bridgehead atoms. The van der Waals surface area contributed by atoms with E-state index >= 15 is 0 Å². The van der Waals surface area contributed by atoms with Crippen LogP contribution in [0.4, 0.5) is 11.4 Å². The van der Waals surface area contributed by atoms with E-state index in [-0.39, 0.29) is 16.8 Å². The van der Waals surface area contributed by atoms with Gasteiger partial charge in [-0.2, -0.15) is 5.26 Å². The molecule has 4 rings (SSSR count). The summed E-state index contributed by atoms with van der Waals surface area (Å²) in [6.45, 7) is 1.95. The molecule has 0 aliphatic heterocycles. The van der Waals surface area contributed by atoms with Crippen molar-refractivity contribution >= 4 is 39.3 Å². The number of anilines is 1. The molecule has 152 valence electrons. The Balaban J connectivity index is 1.69. The number of non-ortho nitro benzene ring substituents is 1. The first-order valence-electron chi connectivity index (χ1n) is 9.07. The quantitative estimate of drug-likeness (QED) is 0.202. The molecular weight excluding hydrogens is 416 g/mol. The van der Waals surface area contributed by atoms with Crippen LogP contribution < -0.4 is 10.9 Å². The fourth-order valence-corrected chi connectivity index (χ4v) is 3.74. The molecule has 0 atom stereocenters. The summed E-state index contributed by atoms with van der Waals surface area (Å²) < 4.78 is 5.29. The van der Waals surface area contributed by atoms with E-state index in [0.29, 0.717) is 21.7 Å². The number of benzene rings is 2. The second-order valence-electron chi connectivity index (χ2n) is 6.59. The van der Waals surface area contributed by atoms with Gasteiger partial charge in [-0.25, -0.2) is 9.78 Å². The van der Waals surface area contributed by atoms with Crippen molar-refractivity contribution in [1.29, 1.82) is 5.26 Å². The standard InChI is InChI=1S/C22H14N4O4S/c1-13-4-2-3-5-18(13)24-11-15(10-23)21-25-19(12-31-21)17-9-14-8-16(26(28)29)6-7-20(14)30-22(17)27/h2-9,11-12,24H,1H3/b15-11+. The van der Waals surface area contributed by atoms with E-state index in [2.05, 4.69) is 16.4 Å². The molecule has 8 nitrogen and oxygen atoms in total. The van der Waals surface area contributed by atoms with Gasteiger partial charge in [0.15, 0.2) is 0 Å². The first kappa shape index (κ1) is 20.0. The van der Waals surface area contributed by atoms with Crippen LogP contribution in [0.15, 0.2) is 69.3 Å². The topological polar surface area (TPSA) is 122 Å². The van der Waals surface area contributed by atoms with Gasteiger partial charge in [-0.15, -0.1) is 11.3 Å². The van der Waals surface area contributed by atoms with Gasteiger partial charge in [0.1, 0.15) is 22.2 Å². The molecule has 0 unspecified atom stereocenters. The third-order valence-electron chi connectivity index (χ3n) is 4.57. The lowest BCUT2D eigenvalue weighted by molar-refractivity contribution is -0.384. The number of hydrogen-bond acceptors (Lipinski definition) is 8. The van der Waals surface area contributed by atoms with Crippen molar-refractivity contribution < 1.29 is 9.34 Å². The van der Waals surface area contributed by atoms with Crippen molar-refractivity contribution in [2.24, 2.45) is 0 Å². The second-order valence-corrected chi connectivity index (χ2v) is 7.45. The van der Waals surface area contributed by atoms with Crippen LogP contribution in [0.2, 0.25) is 0 Å². The average molecular weight is 430 g/mol. The minimum atomic E-state index is -0.612. The zero-order chi connectivity index (χ0) is 22.0. The Labute approximate surface area is 179 Å². The number of nitro benzene ring substituents is 1. The van der Waals surface area contributed by atoms with E-state index in [1.165, 1.54) is 35.6 Å². The number of aromatic nitrogens is 1. The lowest BCUT2D eigenvalue weighted by Gasteiger charge is -2.04. The molecule has 2 aromatic heterocycles. The van der Waals surface area contributed by atoms with Crippen molar-refractivity contribution in [2.75, 3.05) is 5.32 Å². The maximum Gasteiger partial charge on any atom is 0.345 e. The summed E-state index contributed by atoms with van der Waals surface area (Å²) >= 11 is 1.21. The number of nitro groups is 1. The summed E-state index contributed by atoms with van der Waals surface area (Å²) in [6.07, 6.45) is 1.57. The lowest BCUT2D eigenvalue weighted by Crippen LogP contribution is -2.03. The van der Waals surface area contributed by atoms with Gasteiger partial charge in [0.2, 0.25) is 0 Å². The van der Waals surface area contributed by atoms with Crippen LogP contribution in [0.25, 0.3) is 27.8 Å². The molecule has 0 aliphatic rings. The normalized spacial score (nSPS) is 11.3. The fraction of sp³-hybridized carbons (Fsp3) is 0.0455. The number of allylic oxidation sites excluding steroid dienone is 1. The average Bonchev–Trinajstić information content (AvgIpc) is 3.24. The zero-order valence-corrected chi connectivity index (χ0v) is 17.0. The predicted molar refractivity (Wildman–Crippen MR) is 119 cm³/mol. The van der Waals surface area contributed by atoms with Crippen LogP contribution in [0, 0.1) is 28.4 Å². The van der Waals surface area contributed by atoms with E-state index in [1.807, 2.05) is 31.2 Å². The van der Waals surface area contributed by atoms with Crippen molar-refractivity contribution in [2.45, 2.75) is 6.92 Å². The van der Waals surface area contributed by atoms with Gasteiger partial charge in [0.05, 0.1) is 16.2 Å². The van der Waals surface area contributed by atoms with E-state index in [9.17, 15) is 20.2 Å². The van der Waals surface area contributed by atoms with Gasteiger partial charge >= 0.3 is 5.63 Å². The van der Waals surface area contributed by atoms with Crippen molar-refractivity contribution in [3.8, 4) is 17.3 Å². The molecule has 0 fully saturated rings. The van der Waals surface area contributed by atoms with Gasteiger partial charge < -0.3 is 9.73 Å². The minimum absolute atomic E-state index is 0.108. The number of nitrogens with one attached hydrogen (secondary N) is 1. The number of nitriles is 1. The Morgan fingerprint density at radius 3 is 2.84 bits per heavy atom. The molecule has 31 heavy (non-hydrogen) atoms. The van der Waals surface area contributed by atoms with Crippen LogP contribution in [-0.2, 0) is 0 Å². The SMILES string of the molecule is Cc1ccccc1N/C=C(\C#N)c1nc(-c2cc3cc([N+](=O)[O-])ccc3oc2=O)cs1. The van der Waals surface area contributed by atoms with Crippen LogP contribution >= 0.6 is 11.3 Å². The van der Waals surface area contributed by atoms with Gasteiger partial charge in [-0.05, 0) is 30.7 Å². The van der Waals surface area contributed by atoms with E-state index in [1.54, 1.807) is 11.6 Å². The molecule has 0 saturated heterocycles. The summed E-state index contributed by atoms with van der Waals surface area (Å²) in [5.41, 5.74) is 2.22. The molecule has 1 N–H and O–H groups in total. The Bertz CT molecular complexity index is 1450. The fourth-order valence-electron chi connectivity index (χ4n) is 2.95. The highest BCUT2D eigenvalue weighted by Gasteiger charge is 2.15. The highest BCUT2D eigenvalue weighted by atomic mass is 32.1. The second kappa shape index (κ2) is 8.22. The zero-order valence-electron chi connectivity index (χ0n) is 16.2. The molecule has 0 amide bonds. The predicted octanol–water partition coefficient (Wildman–Crippen LogP) is 5.11. The Morgan fingerprint density at radius 2 is 2.10 bits per heavy atom. The largest absolute Gasteiger partial charge is 0.422 e. The number of hydrogen-bond donors (Lipinski definition) is 1. The number of thiazole rings is 1. The highest BCUT2D eigenvalue weighted by molar-refractivity contribution is 7.11. The maximum atomic E-state index is 12.4. The Morgan fingerprint density at radius 1 is 1.29 bits per heavy atom. The van der Waals surface area contributed by atoms with Crippen LogP contribution in [0.1, 0.15) is 10.6 Å². The van der Waals surface area contributed by atoms with Crippen molar-refractivity contribution in [1.82, 2.24) is 4.98 Å². The maximum absolute atomic E-state index is 12.4. The molecular formula is C22H14N4O4S. The van der Waals surface area contributed by atoms with E-state index < -0.39 is 10.5 Å². The first-order valence-corrected chi connectivity index (χ1v) is 9.95. The summed E-state index contributed by atoms with van der Waals surface area (Å²) in [5.74, 6) is 0. The third kappa shape index (κ3) is 4.05. The smallest absolute Gasteiger partial charge is 0.345 e. The summed E-state index contributed by atoms with van der Waals surface area (Å²) in [7, 11) is 0. The minimum Gasteiger partial charge on any atom is -0.422 e. The molecule has 2 aromatic carbocycles. The lowest BCUT2D eigenvalue weighted by atomic mass is 10.1. The molecule has 0 aliphatic carbocycles. The van der Waals surface area contributed by atoms with Crippen LogP contribution in [-0.4, -0.2) is 9.91 Å². The molecule has 2 heterocycles. The summed E-state index contributed by atoms with van der Waals surface area (Å²) in [4.78, 5) is 27.3. The number of aryl methyl sites for hydroxylation is 1. The summed E-state index contributed by atoms with van der Waals surface area (Å²) in [5, 5.41) is 26.2. The van der Waals surface area contributed by atoms with Gasteiger partial charge in [-0.1, -0.05) is 18.2 Å². The molecule has 0 radical (unpaired) electrons. The number of fused-ring (bicyclic) bond motifs is 1. The van der Waals surface area contributed by atoms with Crippen molar-refractivity contribution in [3.05, 3.63) is 91.2 Å². The van der Waals surface area contributed by atoms with Gasteiger partial charge in [0, 0.05) is 34.8 Å². The Kier molecular flexibility index (Phi) is 5.30. The number of rotatable bonds is 5. The van der Waals surface area contributed by atoms with Crippen molar-refractivity contribution in [3.63, 3.8) is 0 Å². The molecule has 4 aromatic rings. The Hall–Kier alpha value is -4.29. The molecule has 0 spiro atoms. The van der Waals surface area contributed by atoms with Crippen LogP contribution in [0.5, 0.6) is 0 Å². The number of para-hydroxylation sites is 1. The third-order valence-corrected chi connectivity index (χ3v) is 5.45. The van der Waals surface area contributed by atoms with Crippen LogP contribution in [0.3, 0.4) is 0 Å². The molecule has 0 saturated carbocycles. The van der Waals surface area contributed by atoms with E-state index in [4.69, 9.17) is 4.42 Å². The first-order chi connectivity index (χ1) is 15.0. The van der Waals surface area contributed by atoms with E-state index in [0.717, 1.165) is 11.3 Å². The number of nitrogens with zero attached hydrogens (tertiary/aromatic N) is 3. The highest BCUT2D eigenvalue weighted by Crippen LogP contribution is 2.28.